The van der Waals surface area contributed by atoms with Gasteiger partial charge in [-0.05, 0) is 37.3 Å². The van der Waals surface area contributed by atoms with Crippen molar-refractivity contribution in [3.05, 3.63) is 30.1 Å². The van der Waals surface area contributed by atoms with Gasteiger partial charge in [0.05, 0.1) is 11.5 Å². The second kappa shape index (κ2) is 4.22. The van der Waals surface area contributed by atoms with Crippen LogP contribution < -0.4 is 0 Å². The summed E-state index contributed by atoms with van der Waals surface area (Å²) in [6, 6.07) is 3.56. The van der Waals surface area contributed by atoms with E-state index in [1.54, 1.807) is 24.5 Å². The highest BCUT2D eigenvalue weighted by Gasteiger charge is 2.43. The van der Waals surface area contributed by atoms with Crippen LogP contribution in [0.5, 0.6) is 0 Å². The van der Waals surface area contributed by atoms with Crippen molar-refractivity contribution in [1.29, 1.82) is 0 Å². The Morgan fingerprint density at radius 3 is 2.62 bits per heavy atom. The Balaban J connectivity index is 2.34. The summed E-state index contributed by atoms with van der Waals surface area (Å²) in [5, 5.41) is 18.9. The highest BCUT2D eigenvalue weighted by atomic mass is 16.4. The number of hydrogen-bond donors (Lipinski definition) is 2. The summed E-state index contributed by atoms with van der Waals surface area (Å²) in [6.45, 7) is 0. The van der Waals surface area contributed by atoms with E-state index in [1.165, 1.54) is 0 Å². The minimum absolute atomic E-state index is 0.357. The molecule has 0 aromatic carbocycles. The second-order valence-electron chi connectivity index (χ2n) is 4.36. The van der Waals surface area contributed by atoms with E-state index in [2.05, 4.69) is 4.98 Å². The third-order valence-electron chi connectivity index (χ3n) is 3.43. The molecule has 1 fully saturated rings. The highest BCUT2D eigenvalue weighted by molar-refractivity contribution is 5.81. The average Bonchev–Trinajstić information content (AvgIpc) is 2.31. The van der Waals surface area contributed by atoms with Gasteiger partial charge in [0.15, 0.2) is 0 Å². The Morgan fingerprint density at radius 1 is 1.44 bits per heavy atom. The molecular weight excluding hydrogens is 206 g/mol. The number of hydrogen-bond acceptors (Lipinski definition) is 3. The number of nitrogens with zero attached hydrogens (tertiary/aromatic N) is 1. The van der Waals surface area contributed by atoms with E-state index in [9.17, 15) is 15.0 Å². The van der Waals surface area contributed by atoms with Crippen LogP contribution in [0.1, 0.15) is 31.2 Å². The first-order valence-electron chi connectivity index (χ1n) is 5.47. The molecule has 0 atom stereocenters. The molecule has 0 aliphatic heterocycles. The topological polar surface area (TPSA) is 70.4 Å². The third kappa shape index (κ3) is 1.80. The van der Waals surface area contributed by atoms with E-state index in [0.717, 1.165) is 5.56 Å². The van der Waals surface area contributed by atoms with Crippen molar-refractivity contribution >= 4 is 5.97 Å². The van der Waals surface area contributed by atoms with Crippen molar-refractivity contribution in [2.45, 2.75) is 37.2 Å². The lowest BCUT2D eigenvalue weighted by Gasteiger charge is -2.35. The van der Waals surface area contributed by atoms with Gasteiger partial charge in [-0.15, -0.1) is 0 Å². The van der Waals surface area contributed by atoms with Crippen molar-refractivity contribution in [2.24, 2.45) is 0 Å². The molecule has 1 aliphatic rings. The summed E-state index contributed by atoms with van der Waals surface area (Å²) in [5.74, 6) is -0.813. The van der Waals surface area contributed by atoms with Crippen LogP contribution in [0.3, 0.4) is 0 Å². The van der Waals surface area contributed by atoms with Crippen LogP contribution in [0.2, 0.25) is 0 Å². The Bertz CT molecular complexity index is 369. The van der Waals surface area contributed by atoms with Crippen molar-refractivity contribution < 1.29 is 15.0 Å². The van der Waals surface area contributed by atoms with E-state index < -0.39 is 11.4 Å². The van der Waals surface area contributed by atoms with Gasteiger partial charge in [-0.25, -0.2) is 0 Å². The van der Waals surface area contributed by atoms with E-state index in [-0.39, 0.29) is 6.10 Å². The molecule has 1 aromatic heterocycles. The van der Waals surface area contributed by atoms with Gasteiger partial charge in [-0.3, -0.25) is 9.78 Å². The molecule has 1 aliphatic carbocycles. The number of carboxylic acids is 1. The standard InChI is InChI=1S/C12H15NO3/c14-10-3-5-12(6-4-10,11(15)16)9-2-1-7-13-8-9/h1-2,7-8,10,14H,3-6H2,(H,15,16). The number of pyridine rings is 1. The summed E-state index contributed by atoms with van der Waals surface area (Å²) in [5.41, 5.74) is -0.109. The van der Waals surface area contributed by atoms with Gasteiger partial charge in [-0.2, -0.15) is 0 Å². The first-order chi connectivity index (χ1) is 7.65. The number of rotatable bonds is 2. The molecule has 0 amide bonds. The molecule has 0 radical (unpaired) electrons. The SMILES string of the molecule is O=C(O)C1(c2cccnc2)CCC(O)CC1. The summed E-state index contributed by atoms with van der Waals surface area (Å²) in [7, 11) is 0. The lowest BCUT2D eigenvalue weighted by atomic mass is 9.69. The molecule has 0 unspecified atom stereocenters. The van der Waals surface area contributed by atoms with E-state index in [4.69, 9.17) is 0 Å². The zero-order valence-electron chi connectivity index (χ0n) is 8.97. The molecule has 16 heavy (non-hydrogen) atoms. The average molecular weight is 221 g/mol. The van der Waals surface area contributed by atoms with Gasteiger partial charge in [0, 0.05) is 12.4 Å². The number of aliphatic hydroxyl groups is 1. The van der Waals surface area contributed by atoms with Gasteiger partial charge in [0.2, 0.25) is 0 Å². The van der Waals surface area contributed by atoms with Crippen molar-refractivity contribution in [3.63, 3.8) is 0 Å². The maximum Gasteiger partial charge on any atom is 0.314 e. The van der Waals surface area contributed by atoms with Gasteiger partial charge < -0.3 is 10.2 Å². The monoisotopic (exact) mass is 221 g/mol. The molecule has 1 aromatic rings. The molecule has 0 saturated heterocycles. The normalized spacial score (nSPS) is 29.9. The van der Waals surface area contributed by atoms with Crippen LogP contribution in [-0.2, 0) is 10.2 Å². The quantitative estimate of drug-likeness (QED) is 0.790. The van der Waals surface area contributed by atoms with Crippen LogP contribution in [0.4, 0.5) is 0 Å². The van der Waals surface area contributed by atoms with Gasteiger partial charge >= 0.3 is 5.97 Å². The number of carbonyl (C=O) groups is 1. The van der Waals surface area contributed by atoms with Crippen molar-refractivity contribution in [1.82, 2.24) is 4.98 Å². The number of carboxylic acid groups (broad SMARTS) is 1. The maximum absolute atomic E-state index is 11.5. The fourth-order valence-corrected chi connectivity index (χ4v) is 2.37. The smallest absolute Gasteiger partial charge is 0.314 e. The fraction of sp³-hybridized carbons (Fsp3) is 0.500. The minimum atomic E-state index is -0.854. The number of aliphatic hydroxyl groups excluding tert-OH is 1. The molecule has 0 bridgehead atoms. The fourth-order valence-electron chi connectivity index (χ4n) is 2.37. The molecule has 2 N–H and O–H groups in total. The Kier molecular flexibility index (Phi) is 2.92. The van der Waals surface area contributed by atoms with E-state index in [0.29, 0.717) is 25.7 Å². The largest absolute Gasteiger partial charge is 0.481 e. The van der Waals surface area contributed by atoms with Gasteiger partial charge in [-0.1, -0.05) is 6.07 Å². The van der Waals surface area contributed by atoms with Crippen LogP contribution in [-0.4, -0.2) is 27.3 Å². The van der Waals surface area contributed by atoms with Crippen molar-refractivity contribution in [2.75, 3.05) is 0 Å². The lowest BCUT2D eigenvalue weighted by Crippen LogP contribution is -2.40. The maximum atomic E-state index is 11.5. The first kappa shape index (κ1) is 11.1. The summed E-state index contributed by atoms with van der Waals surface area (Å²) in [4.78, 5) is 15.5. The minimum Gasteiger partial charge on any atom is -0.481 e. The zero-order valence-corrected chi connectivity index (χ0v) is 8.97. The molecule has 4 nitrogen and oxygen atoms in total. The van der Waals surface area contributed by atoms with Crippen LogP contribution in [0, 0.1) is 0 Å². The molecule has 1 saturated carbocycles. The second-order valence-corrected chi connectivity index (χ2v) is 4.36. The van der Waals surface area contributed by atoms with E-state index in [1.807, 2.05) is 0 Å². The molecule has 4 heteroatoms. The van der Waals surface area contributed by atoms with E-state index >= 15 is 0 Å². The number of aliphatic carboxylic acids is 1. The summed E-state index contributed by atoms with van der Waals surface area (Å²) >= 11 is 0. The molecule has 86 valence electrons. The Hall–Kier alpha value is -1.42. The molecule has 1 heterocycles. The number of aromatic nitrogens is 1. The van der Waals surface area contributed by atoms with Crippen molar-refractivity contribution in [3.8, 4) is 0 Å². The summed E-state index contributed by atoms with van der Waals surface area (Å²) in [6.07, 6.45) is 4.94. The lowest BCUT2D eigenvalue weighted by molar-refractivity contribution is -0.146. The van der Waals surface area contributed by atoms with Crippen LogP contribution in [0.15, 0.2) is 24.5 Å². The predicted molar refractivity (Wildman–Crippen MR) is 58.0 cm³/mol. The highest BCUT2D eigenvalue weighted by Crippen LogP contribution is 2.39. The summed E-state index contributed by atoms with van der Waals surface area (Å²) < 4.78 is 0. The molecular formula is C12H15NO3. The van der Waals surface area contributed by atoms with Crippen LogP contribution in [0.25, 0.3) is 0 Å². The van der Waals surface area contributed by atoms with Crippen LogP contribution >= 0.6 is 0 Å². The predicted octanol–water partition coefficient (Wildman–Crippen LogP) is 1.34. The Morgan fingerprint density at radius 2 is 2.12 bits per heavy atom. The molecule has 0 spiro atoms. The van der Waals surface area contributed by atoms with Gasteiger partial charge in [0.1, 0.15) is 0 Å². The third-order valence-corrected chi connectivity index (χ3v) is 3.43. The molecule has 2 rings (SSSR count). The Labute approximate surface area is 93.9 Å². The van der Waals surface area contributed by atoms with Gasteiger partial charge in [0.25, 0.3) is 0 Å². The zero-order chi connectivity index (χ0) is 11.6. The first-order valence-corrected chi connectivity index (χ1v) is 5.47.